The van der Waals surface area contributed by atoms with Gasteiger partial charge in [0.1, 0.15) is 5.75 Å². The maximum Gasteiger partial charge on any atom is 0.290 e. The van der Waals surface area contributed by atoms with E-state index in [2.05, 4.69) is 38.1 Å². The van der Waals surface area contributed by atoms with Crippen LogP contribution in [0, 0.1) is 0 Å². The molecular formula is C17H22O4Ti. The Kier molecular flexibility index (Phi) is 12.3. The molecule has 3 N–H and O–H groups in total. The van der Waals surface area contributed by atoms with Crippen molar-refractivity contribution in [1.82, 2.24) is 0 Å². The van der Waals surface area contributed by atoms with Gasteiger partial charge in [-0.15, -0.1) is 0 Å². The summed E-state index contributed by atoms with van der Waals surface area (Å²) in [6, 6.07) is 17.8. The Labute approximate surface area is 146 Å². The van der Waals surface area contributed by atoms with Crippen LogP contribution < -0.4 is 0 Å². The van der Waals surface area contributed by atoms with Crippen molar-refractivity contribution in [2.45, 2.75) is 19.3 Å². The van der Waals surface area contributed by atoms with Crippen LogP contribution in [0.15, 0.2) is 54.6 Å². The van der Waals surface area contributed by atoms with E-state index in [1.807, 2.05) is 18.2 Å². The van der Waals surface area contributed by atoms with Crippen LogP contribution in [0.4, 0.5) is 0 Å². The Bertz CT molecular complexity index is 510. The van der Waals surface area contributed by atoms with Crippen molar-refractivity contribution in [2.24, 2.45) is 0 Å². The van der Waals surface area contributed by atoms with Crippen molar-refractivity contribution in [3.05, 3.63) is 65.7 Å². The van der Waals surface area contributed by atoms with Crippen molar-refractivity contribution < 1.29 is 41.8 Å². The quantitative estimate of drug-likeness (QED) is 0.581. The van der Waals surface area contributed by atoms with E-state index in [1.165, 1.54) is 11.1 Å². The first kappa shape index (κ1) is 22.7. The molecule has 2 rings (SSSR count). The minimum absolute atomic E-state index is 0. The van der Waals surface area contributed by atoms with Gasteiger partial charge in [0.25, 0.3) is 6.47 Å². The fourth-order valence-corrected chi connectivity index (χ4v) is 1.90. The van der Waals surface area contributed by atoms with Crippen LogP contribution in [0.2, 0.25) is 0 Å². The van der Waals surface area contributed by atoms with Gasteiger partial charge >= 0.3 is 0 Å². The number of phenols is 1. The molecule has 0 aliphatic heterocycles. The van der Waals surface area contributed by atoms with E-state index in [1.54, 1.807) is 12.1 Å². The van der Waals surface area contributed by atoms with Crippen molar-refractivity contribution >= 4 is 6.47 Å². The van der Waals surface area contributed by atoms with Crippen molar-refractivity contribution in [3.63, 3.8) is 0 Å². The first-order valence-corrected chi connectivity index (χ1v) is 6.40. The third-order valence-electron chi connectivity index (χ3n) is 3.08. The molecule has 0 amide bonds. The second-order valence-corrected chi connectivity index (χ2v) is 4.64. The van der Waals surface area contributed by atoms with Crippen LogP contribution >= 0.6 is 0 Å². The van der Waals surface area contributed by atoms with E-state index >= 15 is 0 Å². The van der Waals surface area contributed by atoms with Crippen LogP contribution in [-0.4, -0.2) is 28.9 Å². The van der Waals surface area contributed by atoms with Crippen LogP contribution in [0.1, 0.15) is 25.0 Å². The predicted octanol–water partition coefficient (Wildman–Crippen LogP) is 3.02. The number of aliphatic hydroxyl groups excluding tert-OH is 1. The number of aliphatic hydroxyl groups is 1. The first-order chi connectivity index (χ1) is 10.0. The Morgan fingerprint density at radius 1 is 0.864 bits per heavy atom. The van der Waals surface area contributed by atoms with Crippen LogP contribution in [0.3, 0.4) is 0 Å². The van der Waals surface area contributed by atoms with Gasteiger partial charge in [0.05, 0.1) is 0 Å². The van der Waals surface area contributed by atoms with Crippen LogP contribution in [0.25, 0.3) is 0 Å². The minimum Gasteiger partial charge on any atom is -0.508 e. The molecule has 5 heteroatoms. The standard InChI is InChI=1S/C15H16O.CH2O2.CH4O.Ti/c1-15(2,12-6-4-3-5-7-12)13-8-10-14(16)11-9-13;2-1-3;1-2;/h3-11,16H,1-2H3;1H,(H,2,3);2H,1H3;. The average Bonchev–Trinajstić information content (AvgIpc) is 2.51. The van der Waals surface area contributed by atoms with Crippen molar-refractivity contribution in [1.29, 1.82) is 0 Å². The van der Waals surface area contributed by atoms with Gasteiger partial charge in [0.15, 0.2) is 0 Å². The maximum absolute atomic E-state index is 9.29. The van der Waals surface area contributed by atoms with Gasteiger partial charge in [0.2, 0.25) is 0 Å². The van der Waals surface area contributed by atoms with E-state index in [4.69, 9.17) is 15.0 Å². The minimum atomic E-state index is -0.250. The molecule has 0 aliphatic rings. The molecule has 0 heterocycles. The number of rotatable bonds is 2. The van der Waals surface area contributed by atoms with Gasteiger partial charge < -0.3 is 15.3 Å². The number of hydrogen-bond donors (Lipinski definition) is 3. The molecule has 0 saturated carbocycles. The summed E-state index contributed by atoms with van der Waals surface area (Å²) >= 11 is 0. The van der Waals surface area contributed by atoms with Gasteiger partial charge in [0, 0.05) is 34.2 Å². The van der Waals surface area contributed by atoms with Crippen molar-refractivity contribution in [2.75, 3.05) is 7.11 Å². The van der Waals surface area contributed by atoms with E-state index in [0.29, 0.717) is 5.75 Å². The topological polar surface area (TPSA) is 77.8 Å². The fourth-order valence-electron chi connectivity index (χ4n) is 1.90. The van der Waals surface area contributed by atoms with Gasteiger partial charge in [-0.05, 0) is 23.3 Å². The molecule has 2 aromatic rings. The van der Waals surface area contributed by atoms with E-state index in [-0.39, 0.29) is 33.6 Å². The molecule has 0 spiro atoms. The van der Waals surface area contributed by atoms with Gasteiger partial charge in [-0.2, -0.15) is 0 Å². The van der Waals surface area contributed by atoms with Gasteiger partial charge in [-0.1, -0.05) is 56.3 Å². The molecule has 0 saturated heterocycles. The molecule has 118 valence electrons. The van der Waals surface area contributed by atoms with E-state index < -0.39 is 0 Å². The molecule has 2 aromatic carbocycles. The van der Waals surface area contributed by atoms with Gasteiger partial charge in [-0.25, -0.2) is 0 Å². The maximum atomic E-state index is 9.29. The van der Waals surface area contributed by atoms with Gasteiger partial charge in [-0.3, -0.25) is 4.79 Å². The molecule has 0 atom stereocenters. The second-order valence-electron chi connectivity index (χ2n) is 4.64. The SMILES string of the molecule is CC(C)(c1ccccc1)c1ccc(O)cc1.CO.O=CO.[Ti]. The zero-order chi connectivity index (χ0) is 16.3. The Morgan fingerprint density at radius 3 is 1.64 bits per heavy atom. The summed E-state index contributed by atoms with van der Waals surface area (Å²) < 4.78 is 0. The summed E-state index contributed by atoms with van der Waals surface area (Å²) in [6.07, 6.45) is 0. The molecular weight excluding hydrogens is 316 g/mol. The molecule has 0 aliphatic carbocycles. The molecule has 4 nitrogen and oxygen atoms in total. The third kappa shape index (κ3) is 6.90. The molecule has 0 fully saturated rings. The Hall–Kier alpha value is -1.62. The first-order valence-electron chi connectivity index (χ1n) is 6.40. The number of aromatic hydroxyl groups is 1. The third-order valence-corrected chi connectivity index (χ3v) is 3.08. The fraction of sp³-hybridized carbons (Fsp3) is 0.235. The van der Waals surface area contributed by atoms with E-state index in [0.717, 1.165) is 7.11 Å². The zero-order valence-corrected chi connectivity index (χ0v) is 14.6. The Balaban J connectivity index is 0. The number of phenolic OH excluding ortho intramolecular Hbond substituents is 1. The van der Waals surface area contributed by atoms with E-state index in [9.17, 15) is 5.11 Å². The summed E-state index contributed by atoms with van der Waals surface area (Å²) in [4.78, 5) is 8.36. The number of benzene rings is 2. The van der Waals surface area contributed by atoms with Crippen LogP contribution in [0.5, 0.6) is 5.75 Å². The average molecular weight is 338 g/mol. The smallest absolute Gasteiger partial charge is 0.290 e. The Morgan fingerprint density at radius 2 is 1.23 bits per heavy atom. The molecule has 22 heavy (non-hydrogen) atoms. The molecule has 0 radical (unpaired) electrons. The number of carbonyl (C=O) groups is 1. The summed E-state index contributed by atoms with van der Waals surface area (Å²) in [5, 5.41) is 23.2. The molecule has 0 unspecified atom stereocenters. The number of hydrogen-bond acceptors (Lipinski definition) is 3. The monoisotopic (exact) mass is 338 g/mol. The summed E-state index contributed by atoms with van der Waals surface area (Å²) in [5.74, 6) is 0.313. The van der Waals surface area contributed by atoms with Crippen LogP contribution in [-0.2, 0) is 31.9 Å². The van der Waals surface area contributed by atoms with Crippen molar-refractivity contribution in [3.8, 4) is 5.75 Å². The predicted molar refractivity (Wildman–Crippen MR) is 83.5 cm³/mol. The molecule has 0 aromatic heterocycles. The number of carboxylic acid groups (broad SMARTS) is 1. The zero-order valence-electron chi connectivity index (χ0n) is 13.0. The normalized spacial score (nSPS) is 9.09. The summed E-state index contributed by atoms with van der Waals surface area (Å²) in [6.45, 7) is 4.13. The largest absolute Gasteiger partial charge is 0.508 e. The summed E-state index contributed by atoms with van der Waals surface area (Å²) in [7, 11) is 1.00. The molecule has 0 bridgehead atoms. The second kappa shape index (κ2) is 12.0. The summed E-state index contributed by atoms with van der Waals surface area (Å²) in [5.41, 5.74) is 2.45.